The number of halogens is 1. The lowest BCUT2D eigenvalue weighted by Crippen LogP contribution is -2.40. The first-order chi connectivity index (χ1) is 9.74. The van der Waals surface area contributed by atoms with Crippen LogP contribution in [0.5, 0.6) is 0 Å². The van der Waals surface area contributed by atoms with E-state index in [4.69, 9.17) is 10.5 Å². The fraction of sp³-hybridized carbons (Fsp3) is 0.625. The van der Waals surface area contributed by atoms with Gasteiger partial charge in [-0.25, -0.2) is 4.39 Å². The van der Waals surface area contributed by atoms with Crippen LogP contribution in [0.3, 0.4) is 0 Å². The van der Waals surface area contributed by atoms with Crippen molar-refractivity contribution in [3.8, 4) is 0 Å². The van der Waals surface area contributed by atoms with Crippen molar-refractivity contribution in [1.82, 2.24) is 4.90 Å². The van der Waals surface area contributed by atoms with Gasteiger partial charge in [0.1, 0.15) is 5.82 Å². The summed E-state index contributed by atoms with van der Waals surface area (Å²) in [5, 5.41) is 0. The Bertz CT molecular complexity index is 375. The molecule has 112 valence electrons. The zero-order valence-electron chi connectivity index (χ0n) is 12.1. The van der Waals surface area contributed by atoms with Crippen LogP contribution in [0, 0.1) is 5.82 Å². The first-order valence-corrected chi connectivity index (χ1v) is 7.54. The summed E-state index contributed by atoms with van der Waals surface area (Å²) >= 11 is 0. The van der Waals surface area contributed by atoms with Gasteiger partial charge in [-0.1, -0.05) is 12.1 Å². The standard InChI is InChI=1S/C16H25FN2O/c17-15-4-2-14(3-5-15)8-13-20-12-1-9-19-10-6-16(18)7-11-19/h2-5,16H,1,6-13,18H2. The van der Waals surface area contributed by atoms with Gasteiger partial charge in [0.25, 0.3) is 0 Å². The van der Waals surface area contributed by atoms with Crippen LogP contribution in [0.2, 0.25) is 0 Å². The van der Waals surface area contributed by atoms with E-state index in [2.05, 4.69) is 4.90 Å². The number of nitrogens with two attached hydrogens (primary N) is 1. The third-order valence-corrected chi connectivity index (χ3v) is 3.84. The third-order valence-electron chi connectivity index (χ3n) is 3.84. The number of hydrogen-bond acceptors (Lipinski definition) is 3. The minimum absolute atomic E-state index is 0.184. The zero-order chi connectivity index (χ0) is 14.2. The van der Waals surface area contributed by atoms with E-state index in [0.29, 0.717) is 12.6 Å². The second kappa shape index (κ2) is 8.35. The van der Waals surface area contributed by atoms with Crippen LogP contribution in [0.15, 0.2) is 24.3 Å². The molecule has 0 aromatic heterocycles. The summed E-state index contributed by atoms with van der Waals surface area (Å²) in [6.45, 7) is 4.84. The minimum Gasteiger partial charge on any atom is -0.381 e. The Balaban J connectivity index is 1.48. The second-order valence-corrected chi connectivity index (χ2v) is 5.52. The summed E-state index contributed by atoms with van der Waals surface area (Å²) in [5.74, 6) is -0.184. The van der Waals surface area contributed by atoms with Crippen molar-refractivity contribution < 1.29 is 9.13 Å². The van der Waals surface area contributed by atoms with Gasteiger partial charge in [0.2, 0.25) is 0 Å². The Morgan fingerprint density at radius 3 is 2.55 bits per heavy atom. The van der Waals surface area contributed by atoms with Crippen LogP contribution in [-0.4, -0.2) is 43.8 Å². The summed E-state index contributed by atoms with van der Waals surface area (Å²) < 4.78 is 18.4. The van der Waals surface area contributed by atoms with Crippen LogP contribution in [0.1, 0.15) is 24.8 Å². The quantitative estimate of drug-likeness (QED) is 0.778. The van der Waals surface area contributed by atoms with Gasteiger partial charge in [-0.05, 0) is 56.5 Å². The number of benzene rings is 1. The molecule has 1 heterocycles. The highest BCUT2D eigenvalue weighted by Crippen LogP contribution is 2.08. The Kier molecular flexibility index (Phi) is 6.43. The van der Waals surface area contributed by atoms with Crippen molar-refractivity contribution in [1.29, 1.82) is 0 Å². The van der Waals surface area contributed by atoms with Crippen LogP contribution in [-0.2, 0) is 11.2 Å². The molecule has 0 spiro atoms. The number of nitrogens with zero attached hydrogens (tertiary/aromatic N) is 1. The topological polar surface area (TPSA) is 38.5 Å². The molecule has 1 aliphatic rings. The SMILES string of the molecule is NC1CCN(CCCOCCc2ccc(F)cc2)CC1. The van der Waals surface area contributed by atoms with Crippen molar-refractivity contribution in [2.75, 3.05) is 32.8 Å². The van der Waals surface area contributed by atoms with Crippen LogP contribution >= 0.6 is 0 Å². The fourth-order valence-electron chi connectivity index (χ4n) is 2.51. The van der Waals surface area contributed by atoms with Crippen LogP contribution < -0.4 is 5.73 Å². The highest BCUT2D eigenvalue weighted by atomic mass is 19.1. The Morgan fingerprint density at radius 1 is 1.15 bits per heavy atom. The molecule has 1 saturated heterocycles. The molecule has 20 heavy (non-hydrogen) atoms. The monoisotopic (exact) mass is 280 g/mol. The largest absolute Gasteiger partial charge is 0.381 e. The summed E-state index contributed by atoms with van der Waals surface area (Å²) in [6, 6.07) is 7.02. The lowest BCUT2D eigenvalue weighted by Gasteiger charge is -2.29. The lowest BCUT2D eigenvalue weighted by atomic mass is 10.1. The Hall–Kier alpha value is -0.970. The van der Waals surface area contributed by atoms with Crippen molar-refractivity contribution in [3.63, 3.8) is 0 Å². The van der Waals surface area contributed by atoms with E-state index in [1.54, 1.807) is 0 Å². The zero-order valence-corrected chi connectivity index (χ0v) is 12.1. The number of likely N-dealkylation sites (tertiary alicyclic amines) is 1. The molecule has 0 radical (unpaired) electrons. The van der Waals surface area contributed by atoms with Gasteiger partial charge in [0.15, 0.2) is 0 Å². The minimum atomic E-state index is -0.184. The normalized spacial score (nSPS) is 17.5. The molecule has 0 amide bonds. The maximum Gasteiger partial charge on any atom is 0.123 e. The average molecular weight is 280 g/mol. The van der Waals surface area contributed by atoms with E-state index in [1.807, 2.05) is 12.1 Å². The molecule has 3 nitrogen and oxygen atoms in total. The van der Waals surface area contributed by atoms with E-state index in [1.165, 1.54) is 12.1 Å². The number of ether oxygens (including phenoxy) is 1. The molecule has 1 aromatic carbocycles. The number of piperidine rings is 1. The molecule has 1 aliphatic heterocycles. The van der Waals surface area contributed by atoms with Gasteiger partial charge < -0.3 is 15.4 Å². The summed E-state index contributed by atoms with van der Waals surface area (Å²) in [6.07, 6.45) is 4.15. The maximum absolute atomic E-state index is 12.7. The van der Waals surface area contributed by atoms with Gasteiger partial charge in [-0.2, -0.15) is 0 Å². The second-order valence-electron chi connectivity index (χ2n) is 5.52. The molecular formula is C16H25FN2O. The van der Waals surface area contributed by atoms with E-state index in [9.17, 15) is 4.39 Å². The Labute approximate surface area is 120 Å². The smallest absolute Gasteiger partial charge is 0.123 e. The van der Waals surface area contributed by atoms with Crippen LogP contribution in [0.4, 0.5) is 4.39 Å². The molecule has 0 aliphatic carbocycles. The third kappa shape index (κ3) is 5.57. The van der Waals surface area contributed by atoms with E-state index in [-0.39, 0.29) is 5.82 Å². The molecule has 2 N–H and O–H groups in total. The molecule has 4 heteroatoms. The molecule has 1 fully saturated rings. The van der Waals surface area contributed by atoms with E-state index >= 15 is 0 Å². The van der Waals surface area contributed by atoms with Crippen molar-refractivity contribution in [3.05, 3.63) is 35.6 Å². The van der Waals surface area contributed by atoms with Gasteiger partial charge in [0.05, 0.1) is 6.61 Å². The van der Waals surface area contributed by atoms with Crippen LogP contribution in [0.25, 0.3) is 0 Å². The van der Waals surface area contributed by atoms with Gasteiger partial charge in [-0.3, -0.25) is 0 Å². The first kappa shape index (κ1) is 15.4. The highest BCUT2D eigenvalue weighted by Gasteiger charge is 2.14. The van der Waals surface area contributed by atoms with E-state index < -0.39 is 0 Å². The predicted molar refractivity (Wildman–Crippen MR) is 79.2 cm³/mol. The maximum atomic E-state index is 12.7. The van der Waals surface area contributed by atoms with Crippen molar-refractivity contribution >= 4 is 0 Å². The Morgan fingerprint density at radius 2 is 1.85 bits per heavy atom. The van der Waals surface area contributed by atoms with E-state index in [0.717, 1.165) is 57.5 Å². The molecule has 0 bridgehead atoms. The van der Waals surface area contributed by atoms with Gasteiger partial charge in [0, 0.05) is 19.2 Å². The summed E-state index contributed by atoms with van der Waals surface area (Å²) in [5.41, 5.74) is 7.00. The predicted octanol–water partition coefficient (Wildman–Crippen LogP) is 2.20. The lowest BCUT2D eigenvalue weighted by molar-refractivity contribution is 0.118. The summed E-state index contributed by atoms with van der Waals surface area (Å²) in [7, 11) is 0. The molecule has 2 rings (SSSR count). The summed E-state index contributed by atoms with van der Waals surface area (Å²) in [4.78, 5) is 2.46. The molecule has 0 saturated carbocycles. The molecule has 0 atom stereocenters. The van der Waals surface area contributed by atoms with Crippen molar-refractivity contribution in [2.45, 2.75) is 31.7 Å². The van der Waals surface area contributed by atoms with Gasteiger partial charge in [-0.15, -0.1) is 0 Å². The van der Waals surface area contributed by atoms with Gasteiger partial charge >= 0.3 is 0 Å². The highest BCUT2D eigenvalue weighted by molar-refractivity contribution is 5.15. The number of hydrogen-bond donors (Lipinski definition) is 1. The molecular weight excluding hydrogens is 255 g/mol. The molecule has 0 unspecified atom stereocenters. The van der Waals surface area contributed by atoms with Crippen molar-refractivity contribution in [2.24, 2.45) is 5.73 Å². The molecule has 1 aromatic rings. The average Bonchev–Trinajstić information content (AvgIpc) is 2.46. The fourth-order valence-corrected chi connectivity index (χ4v) is 2.51. The first-order valence-electron chi connectivity index (χ1n) is 7.54. The number of rotatable bonds is 7.